The Bertz CT molecular complexity index is 603. The molecule has 0 bridgehead atoms. The number of aromatic nitrogens is 1. The van der Waals surface area contributed by atoms with Crippen molar-refractivity contribution in [2.45, 2.75) is 20.0 Å². The lowest BCUT2D eigenvalue weighted by molar-refractivity contribution is 0.240. The summed E-state index contributed by atoms with van der Waals surface area (Å²) in [5.41, 5.74) is 0.947. The number of amides is 2. The molecule has 0 saturated heterocycles. The highest BCUT2D eigenvalue weighted by Gasteiger charge is 2.03. The normalized spacial score (nSPS) is 10.2. The van der Waals surface area contributed by atoms with Gasteiger partial charge in [0, 0.05) is 33.5 Å². The summed E-state index contributed by atoms with van der Waals surface area (Å²) < 4.78 is 6.35. The zero-order valence-corrected chi connectivity index (χ0v) is 14.0. The molecule has 0 atom stereocenters. The maximum atomic E-state index is 11.7. The third-order valence-corrected chi connectivity index (χ3v) is 4.29. The van der Waals surface area contributed by atoms with Crippen LogP contribution in [0, 0.1) is 0 Å². The lowest BCUT2D eigenvalue weighted by Crippen LogP contribution is -2.34. The number of rotatable bonds is 6. The van der Waals surface area contributed by atoms with Crippen LogP contribution < -0.4 is 15.4 Å². The molecule has 0 aliphatic rings. The Morgan fingerprint density at radius 2 is 2.19 bits per heavy atom. The first-order valence-electron chi connectivity index (χ1n) is 6.49. The lowest BCUT2D eigenvalue weighted by Gasteiger charge is -2.08. The minimum atomic E-state index is -0.200. The largest absolute Gasteiger partial charge is 0.478 e. The smallest absolute Gasteiger partial charge is 0.315 e. The van der Waals surface area contributed by atoms with Crippen molar-refractivity contribution in [3.05, 3.63) is 44.7 Å². The maximum Gasteiger partial charge on any atom is 0.315 e. The van der Waals surface area contributed by atoms with Gasteiger partial charge in [0.15, 0.2) is 0 Å². The molecule has 21 heavy (non-hydrogen) atoms. The van der Waals surface area contributed by atoms with E-state index in [2.05, 4.69) is 31.5 Å². The first-order valence-corrected chi connectivity index (χ1v) is 8.17. The first kappa shape index (κ1) is 15.8. The molecule has 2 aromatic heterocycles. The van der Waals surface area contributed by atoms with Gasteiger partial charge in [0.1, 0.15) is 0 Å². The van der Waals surface area contributed by atoms with Gasteiger partial charge in [-0.15, -0.1) is 11.3 Å². The molecule has 2 N–H and O–H groups in total. The molecule has 0 aromatic carbocycles. The number of halogens is 1. The van der Waals surface area contributed by atoms with E-state index in [-0.39, 0.29) is 6.03 Å². The fraction of sp³-hybridized carbons (Fsp3) is 0.286. The molecule has 2 heterocycles. The van der Waals surface area contributed by atoms with Crippen LogP contribution in [-0.2, 0) is 13.1 Å². The Balaban J connectivity index is 1.77. The van der Waals surface area contributed by atoms with Crippen LogP contribution >= 0.6 is 27.3 Å². The average molecular weight is 370 g/mol. The van der Waals surface area contributed by atoms with E-state index < -0.39 is 0 Å². The van der Waals surface area contributed by atoms with Gasteiger partial charge in [0.2, 0.25) is 5.88 Å². The van der Waals surface area contributed by atoms with Crippen molar-refractivity contribution in [1.82, 2.24) is 15.6 Å². The number of urea groups is 1. The number of hydrogen-bond donors (Lipinski definition) is 2. The first-order chi connectivity index (χ1) is 10.2. The van der Waals surface area contributed by atoms with Crippen molar-refractivity contribution >= 4 is 33.3 Å². The SMILES string of the molecule is CCOc1cc(CNC(=O)NCc2cc(Br)cs2)ccn1. The van der Waals surface area contributed by atoms with Crippen LogP contribution in [-0.4, -0.2) is 17.6 Å². The van der Waals surface area contributed by atoms with Crippen molar-refractivity contribution < 1.29 is 9.53 Å². The van der Waals surface area contributed by atoms with Gasteiger partial charge in [-0.25, -0.2) is 9.78 Å². The van der Waals surface area contributed by atoms with E-state index in [1.807, 2.05) is 30.5 Å². The van der Waals surface area contributed by atoms with Crippen molar-refractivity contribution in [3.8, 4) is 5.88 Å². The number of hydrogen-bond acceptors (Lipinski definition) is 4. The fourth-order valence-corrected chi connectivity index (χ4v) is 3.04. The third kappa shape index (κ3) is 5.35. The lowest BCUT2D eigenvalue weighted by atomic mass is 10.2. The Morgan fingerprint density at radius 1 is 1.38 bits per heavy atom. The minimum Gasteiger partial charge on any atom is -0.478 e. The molecular formula is C14H16BrN3O2S. The molecule has 0 radical (unpaired) electrons. The molecule has 7 heteroatoms. The Labute approximate surface area is 135 Å². The molecule has 0 aliphatic heterocycles. The van der Waals surface area contributed by atoms with E-state index in [0.29, 0.717) is 25.6 Å². The summed E-state index contributed by atoms with van der Waals surface area (Å²) in [5.74, 6) is 0.570. The molecule has 0 spiro atoms. The summed E-state index contributed by atoms with van der Waals surface area (Å²) >= 11 is 4.98. The zero-order valence-electron chi connectivity index (χ0n) is 11.6. The van der Waals surface area contributed by atoms with Crippen molar-refractivity contribution in [2.75, 3.05) is 6.61 Å². The highest BCUT2D eigenvalue weighted by Crippen LogP contribution is 2.19. The van der Waals surface area contributed by atoms with Gasteiger partial charge in [0.05, 0.1) is 13.2 Å². The highest BCUT2D eigenvalue weighted by atomic mass is 79.9. The van der Waals surface area contributed by atoms with Gasteiger partial charge >= 0.3 is 6.03 Å². The quantitative estimate of drug-likeness (QED) is 0.820. The third-order valence-electron chi connectivity index (χ3n) is 2.59. The van der Waals surface area contributed by atoms with Gasteiger partial charge < -0.3 is 15.4 Å². The fourth-order valence-electron chi connectivity index (χ4n) is 1.65. The van der Waals surface area contributed by atoms with E-state index in [0.717, 1.165) is 14.9 Å². The predicted molar refractivity (Wildman–Crippen MR) is 86.5 cm³/mol. The Kier molecular flexibility index (Phi) is 6.01. The molecule has 5 nitrogen and oxygen atoms in total. The number of nitrogens with zero attached hydrogens (tertiary/aromatic N) is 1. The highest BCUT2D eigenvalue weighted by molar-refractivity contribution is 9.10. The van der Waals surface area contributed by atoms with E-state index in [9.17, 15) is 4.79 Å². The molecule has 0 aliphatic carbocycles. The van der Waals surface area contributed by atoms with Crippen LogP contribution in [0.4, 0.5) is 4.79 Å². The topological polar surface area (TPSA) is 63.2 Å². The molecule has 2 amide bonds. The summed E-state index contributed by atoms with van der Waals surface area (Å²) in [5, 5.41) is 7.61. The number of pyridine rings is 1. The van der Waals surface area contributed by atoms with Crippen molar-refractivity contribution in [3.63, 3.8) is 0 Å². The summed E-state index contributed by atoms with van der Waals surface area (Å²) in [6, 6.07) is 5.45. The van der Waals surface area contributed by atoms with E-state index in [1.165, 1.54) is 0 Å². The van der Waals surface area contributed by atoms with Crippen LogP contribution in [0.15, 0.2) is 34.2 Å². The number of carbonyl (C=O) groups excluding carboxylic acids is 1. The minimum absolute atomic E-state index is 0.200. The van der Waals surface area contributed by atoms with Crippen LogP contribution in [0.25, 0.3) is 0 Å². The van der Waals surface area contributed by atoms with Crippen molar-refractivity contribution in [1.29, 1.82) is 0 Å². The van der Waals surface area contributed by atoms with Crippen LogP contribution in [0.2, 0.25) is 0 Å². The summed E-state index contributed by atoms with van der Waals surface area (Å²) in [4.78, 5) is 16.9. The summed E-state index contributed by atoms with van der Waals surface area (Å²) in [6.07, 6.45) is 1.67. The van der Waals surface area contributed by atoms with E-state index >= 15 is 0 Å². The summed E-state index contributed by atoms with van der Waals surface area (Å²) in [7, 11) is 0. The standard InChI is InChI=1S/C14H16BrN3O2S/c1-2-20-13-5-10(3-4-16-13)7-17-14(19)18-8-12-6-11(15)9-21-12/h3-6,9H,2,7-8H2,1H3,(H2,17,18,19). The van der Waals surface area contributed by atoms with Gasteiger partial charge in [-0.3, -0.25) is 0 Å². The van der Waals surface area contributed by atoms with Gasteiger partial charge in [-0.1, -0.05) is 0 Å². The molecule has 2 aromatic rings. The number of ether oxygens (including phenoxy) is 1. The predicted octanol–water partition coefficient (Wildman–Crippen LogP) is 3.30. The summed E-state index contributed by atoms with van der Waals surface area (Å²) in [6.45, 7) is 3.43. The zero-order chi connectivity index (χ0) is 15.1. The van der Waals surface area contributed by atoms with Crippen LogP contribution in [0.3, 0.4) is 0 Å². The van der Waals surface area contributed by atoms with Crippen LogP contribution in [0.5, 0.6) is 5.88 Å². The van der Waals surface area contributed by atoms with Gasteiger partial charge in [0.25, 0.3) is 0 Å². The number of nitrogens with one attached hydrogen (secondary N) is 2. The second kappa shape index (κ2) is 7.99. The van der Waals surface area contributed by atoms with Crippen molar-refractivity contribution in [2.24, 2.45) is 0 Å². The molecule has 0 fully saturated rings. The van der Waals surface area contributed by atoms with E-state index in [1.54, 1.807) is 17.5 Å². The number of thiophene rings is 1. The second-order valence-corrected chi connectivity index (χ2v) is 6.11. The van der Waals surface area contributed by atoms with E-state index in [4.69, 9.17) is 4.74 Å². The second-order valence-electron chi connectivity index (χ2n) is 4.20. The molecule has 2 rings (SSSR count). The Morgan fingerprint density at radius 3 is 2.90 bits per heavy atom. The molecular weight excluding hydrogens is 354 g/mol. The van der Waals surface area contributed by atoms with Gasteiger partial charge in [-0.2, -0.15) is 0 Å². The van der Waals surface area contributed by atoms with Gasteiger partial charge in [-0.05, 0) is 40.5 Å². The molecule has 0 saturated carbocycles. The van der Waals surface area contributed by atoms with Crippen LogP contribution in [0.1, 0.15) is 17.4 Å². The average Bonchev–Trinajstić information content (AvgIpc) is 2.89. The Hall–Kier alpha value is -1.60. The number of carbonyl (C=O) groups is 1. The molecule has 0 unspecified atom stereocenters. The molecule has 112 valence electrons. The maximum absolute atomic E-state index is 11.7. The monoisotopic (exact) mass is 369 g/mol.